The van der Waals surface area contributed by atoms with Crippen LogP contribution in [0.3, 0.4) is 0 Å². The summed E-state index contributed by atoms with van der Waals surface area (Å²) in [6.45, 7) is 2.58. The average Bonchev–Trinajstić information content (AvgIpc) is 2.77. The van der Waals surface area contributed by atoms with E-state index in [1.807, 2.05) is 23.9 Å². The Morgan fingerprint density at radius 1 is 1.37 bits per heavy atom. The topological polar surface area (TPSA) is 49.4 Å². The van der Waals surface area contributed by atoms with E-state index in [0.717, 1.165) is 6.42 Å². The lowest BCUT2D eigenvalue weighted by molar-refractivity contribution is -0.143. The lowest BCUT2D eigenvalue weighted by Crippen LogP contribution is -2.57. The number of piperazine rings is 1. The number of carbonyl (C=O) groups excluding carboxylic acids is 2. The minimum atomic E-state index is -0.393. The number of rotatable bonds is 2. The molecule has 1 fully saturated rings. The van der Waals surface area contributed by atoms with Gasteiger partial charge < -0.3 is 10.2 Å². The third-order valence-electron chi connectivity index (χ3n) is 3.53. The first-order chi connectivity index (χ1) is 9.13. The lowest BCUT2D eigenvalue weighted by Gasteiger charge is -2.32. The molecular weight excluding hydrogens is 260 g/mol. The third-order valence-corrected chi connectivity index (χ3v) is 4.83. The molecule has 2 atom stereocenters. The van der Waals surface area contributed by atoms with Crippen LogP contribution in [-0.4, -0.2) is 41.1 Å². The molecule has 4 nitrogen and oxygen atoms in total. The standard InChI is InChI=1S/C14H16N2O2S/c1-9-14(18)16(8-13(17)15-9)7-11-6-10-4-2-3-5-12(10)19-11/h2-5,9,11H,6-8H2,1H3,(H,15,17). The Balaban J connectivity index is 1.67. The van der Waals surface area contributed by atoms with E-state index in [9.17, 15) is 9.59 Å². The summed E-state index contributed by atoms with van der Waals surface area (Å²) in [6.07, 6.45) is 0.973. The molecule has 0 spiro atoms. The molecule has 0 bridgehead atoms. The van der Waals surface area contributed by atoms with Gasteiger partial charge >= 0.3 is 0 Å². The minimum Gasteiger partial charge on any atom is -0.343 e. The van der Waals surface area contributed by atoms with Crippen molar-refractivity contribution in [2.45, 2.75) is 29.5 Å². The van der Waals surface area contributed by atoms with Gasteiger partial charge in [-0.25, -0.2) is 0 Å². The number of thioether (sulfide) groups is 1. The largest absolute Gasteiger partial charge is 0.343 e. The van der Waals surface area contributed by atoms with Crippen LogP contribution in [0.5, 0.6) is 0 Å². The molecule has 3 rings (SSSR count). The van der Waals surface area contributed by atoms with Crippen LogP contribution in [0.25, 0.3) is 0 Å². The van der Waals surface area contributed by atoms with Crippen LogP contribution in [0.4, 0.5) is 0 Å². The third kappa shape index (κ3) is 2.47. The van der Waals surface area contributed by atoms with E-state index in [4.69, 9.17) is 0 Å². The predicted molar refractivity (Wildman–Crippen MR) is 74.0 cm³/mol. The van der Waals surface area contributed by atoms with Crippen LogP contribution < -0.4 is 5.32 Å². The molecule has 2 aliphatic rings. The highest BCUT2D eigenvalue weighted by atomic mass is 32.2. The van der Waals surface area contributed by atoms with Gasteiger partial charge in [-0.15, -0.1) is 11.8 Å². The van der Waals surface area contributed by atoms with Crippen molar-refractivity contribution in [1.29, 1.82) is 0 Å². The van der Waals surface area contributed by atoms with E-state index < -0.39 is 6.04 Å². The number of benzene rings is 1. The van der Waals surface area contributed by atoms with E-state index in [-0.39, 0.29) is 18.4 Å². The van der Waals surface area contributed by atoms with Gasteiger partial charge in [0.05, 0.1) is 6.54 Å². The zero-order valence-electron chi connectivity index (χ0n) is 10.8. The van der Waals surface area contributed by atoms with E-state index in [0.29, 0.717) is 11.8 Å². The number of hydrogen-bond acceptors (Lipinski definition) is 3. The van der Waals surface area contributed by atoms with Crippen LogP contribution in [0.1, 0.15) is 12.5 Å². The van der Waals surface area contributed by atoms with Gasteiger partial charge in [0.2, 0.25) is 11.8 Å². The molecule has 5 heteroatoms. The average molecular weight is 276 g/mol. The smallest absolute Gasteiger partial charge is 0.245 e. The van der Waals surface area contributed by atoms with Crippen LogP contribution in [-0.2, 0) is 16.0 Å². The molecule has 19 heavy (non-hydrogen) atoms. The van der Waals surface area contributed by atoms with Crippen molar-refractivity contribution in [2.75, 3.05) is 13.1 Å². The van der Waals surface area contributed by atoms with Crippen LogP contribution in [0, 0.1) is 0 Å². The number of nitrogens with zero attached hydrogens (tertiary/aromatic N) is 1. The minimum absolute atomic E-state index is 0.0242. The van der Waals surface area contributed by atoms with E-state index in [2.05, 4.69) is 17.4 Å². The number of hydrogen-bond donors (Lipinski definition) is 1. The predicted octanol–water partition coefficient (Wildman–Crippen LogP) is 1.05. The Kier molecular flexibility index (Phi) is 3.22. The number of amides is 2. The zero-order valence-corrected chi connectivity index (χ0v) is 11.6. The Morgan fingerprint density at radius 3 is 2.95 bits per heavy atom. The Bertz CT molecular complexity index is 507. The van der Waals surface area contributed by atoms with Crippen LogP contribution >= 0.6 is 11.8 Å². The van der Waals surface area contributed by atoms with Crippen molar-refractivity contribution in [2.24, 2.45) is 0 Å². The van der Waals surface area contributed by atoms with E-state index in [1.54, 1.807) is 11.8 Å². The Labute approximate surface area is 116 Å². The summed E-state index contributed by atoms with van der Waals surface area (Å²) in [5.41, 5.74) is 1.35. The second-order valence-electron chi connectivity index (χ2n) is 5.06. The summed E-state index contributed by atoms with van der Waals surface area (Å²) in [6, 6.07) is 7.94. The first-order valence-electron chi connectivity index (χ1n) is 6.46. The van der Waals surface area contributed by atoms with Crippen molar-refractivity contribution in [1.82, 2.24) is 10.2 Å². The summed E-state index contributed by atoms with van der Waals surface area (Å²) in [4.78, 5) is 26.5. The zero-order chi connectivity index (χ0) is 13.4. The summed E-state index contributed by atoms with van der Waals surface area (Å²) in [5, 5.41) is 3.02. The highest BCUT2D eigenvalue weighted by Gasteiger charge is 2.32. The molecule has 1 N–H and O–H groups in total. The molecule has 2 heterocycles. The SMILES string of the molecule is CC1NC(=O)CN(CC2Cc3ccccc3S2)C1=O. The first-order valence-corrected chi connectivity index (χ1v) is 7.34. The molecule has 2 unspecified atom stereocenters. The van der Waals surface area contributed by atoms with Crippen molar-refractivity contribution < 1.29 is 9.59 Å². The van der Waals surface area contributed by atoms with Crippen molar-refractivity contribution in [3.05, 3.63) is 29.8 Å². The summed E-state index contributed by atoms with van der Waals surface area (Å²) >= 11 is 1.81. The molecule has 0 aliphatic carbocycles. The van der Waals surface area contributed by atoms with Crippen LogP contribution in [0.2, 0.25) is 0 Å². The fraction of sp³-hybridized carbons (Fsp3) is 0.429. The van der Waals surface area contributed by atoms with Gasteiger partial charge in [-0.05, 0) is 25.0 Å². The van der Waals surface area contributed by atoms with Gasteiger partial charge in [-0.2, -0.15) is 0 Å². The van der Waals surface area contributed by atoms with Gasteiger partial charge in [0.15, 0.2) is 0 Å². The van der Waals surface area contributed by atoms with Gasteiger partial charge in [-0.3, -0.25) is 9.59 Å². The molecule has 1 aromatic rings. The van der Waals surface area contributed by atoms with Crippen molar-refractivity contribution >= 4 is 23.6 Å². The van der Waals surface area contributed by atoms with Crippen molar-refractivity contribution in [3.8, 4) is 0 Å². The fourth-order valence-corrected chi connectivity index (χ4v) is 3.97. The lowest BCUT2D eigenvalue weighted by atomic mass is 10.1. The van der Waals surface area contributed by atoms with Gasteiger partial charge in [0.25, 0.3) is 0 Å². The molecule has 100 valence electrons. The maximum absolute atomic E-state index is 12.0. The normalized spacial score (nSPS) is 26.3. The highest BCUT2D eigenvalue weighted by Crippen LogP contribution is 2.37. The maximum atomic E-state index is 12.0. The quantitative estimate of drug-likeness (QED) is 0.878. The van der Waals surface area contributed by atoms with Crippen molar-refractivity contribution in [3.63, 3.8) is 0 Å². The summed E-state index contributed by atoms with van der Waals surface area (Å²) < 4.78 is 0. The molecule has 0 aromatic heterocycles. The molecule has 1 saturated heterocycles. The molecule has 1 aromatic carbocycles. The van der Waals surface area contributed by atoms with Gasteiger partial charge in [-0.1, -0.05) is 18.2 Å². The number of fused-ring (bicyclic) bond motifs is 1. The van der Waals surface area contributed by atoms with E-state index >= 15 is 0 Å². The molecule has 2 aliphatic heterocycles. The molecule has 0 saturated carbocycles. The second-order valence-corrected chi connectivity index (χ2v) is 6.40. The fourth-order valence-electron chi connectivity index (χ4n) is 2.63. The summed E-state index contributed by atoms with van der Waals surface area (Å²) in [7, 11) is 0. The van der Waals surface area contributed by atoms with Crippen LogP contribution in [0.15, 0.2) is 29.2 Å². The molecule has 0 radical (unpaired) electrons. The maximum Gasteiger partial charge on any atom is 0.245 e. The Hall–Kier alpha value is -1.49. The van der Waals surface area contributed by atoms with E-state index in [1.165, 1.54) is 10.5 Å². The Morgan fingerprint density at radius 2 is 2.16 bits per heavy atom. The van der Waals surface area contributed by atoms with Gasteiger partial charge in [0, 0.05) is 16.7 Å². The summed E-state index contributed by atoms with van der Waals surface area (Å²) in [5.74, 6) is -0.0382. The second kappa shape index (κ2) is 4.89. The number of carbonyl (C=O) groups is 2. The van der Waals surface area contributed by atoms with Gasteiger partial charge in [0.1, 0.15) is 6.04 Å². The highest BCUT2D eigenvalue weighted by molar-refractivity contribution is 8.00. The molecule has 2 amide bonds. The number of nitrogens with one attached hydrogen (secondary N) is 1. The molecular formula is C14H16N2O2S. The monoisotopic (exact) mass is 276 g/mol. The first kappa shape index (κ1) is 12.5.